The van der Waals surface area contributed by atoms with E-state index in [9.17, 15) is 9.59 Å². The van der Waals surface area contributed by atoms with Crippen molar-refractivity contribution >= 4 is 22.6 Å². The quantitative estimate of drug-likeness (QED) is 0.592. The lowest BCUT2D eigenvalue weighted by Crippen LogP contribution is -2.09. The first-order valence-corrected chi connectivity index (χ1v) is 4.65. The van der Waals surface area contributed by atoms with Crippen LogP contribution in [0.15, 0.2) is 16.9 Å². The van der Waals surface area contributed by atoms with Gasteiger partial charge in [0.25, 0.3) is 0 Å². The van der Waals surface area contributed by atoms with Crippen molar-refractivity contribution in [2.45, 2.75) is 5.92 Å². The molecule has 1 aliphatic rings. The lowest BCUT2D eigenvalue weighted by atomic mass is 10.0. The number of nitrogens with one attached hydrogen (secondary N) is 3. The van der Waals surface area contributed by atoms with E-state index in [1.165, 1.54) is 0 Å². The van der Waals surface area contributed by atoms with Crippen LogP contribution in [0.1, 0.15) is 11.5 Å². The summed E-state index contributed by atoms with van der Waals surface area (Å²) < 4.78 is 0. The van der Waals surface area contributed by atoms with Crippen molar-refractivity contribution in [2.75, 3.05) is 5.32 Å². The topological polar surface area (TPSA) is 102 Å². The Morgan fingerprint density at radius 2 is 1.88 bits per heavy atom. The van der Waals surface area contributed by atoms with E-state index >= 15 is 0 Å². The zero-order valence-corrected chi connectivity index (χ0v) is 8.00. The SMILES string of the molecule is N#CC1C(=O)Nc2cc3[nH]c(=O)[nH]c3cc21. The molecule has 0 bridgehead atoms. The van der Waals surface area contributed by atoms with E-state index in [2.05, 4.69) is 15.3 Å². The Bertz CT molecular complexity index is 704. The van der Waals surface area contributed by atoms with Gasteiger partial charge < -0.3 is 15.3 Å². The van der Waals surface area contributed by atoms with E-state index in [0.717, 1.165) is 0 Å². The molecule has 0 radical (unpaired) electrons. The summed E-state index contributed by atoms with van der Waals surface area (Å²) in [4.78, 5) is 27.7. The summed E-state index contributed by atoms with van der Waals surface area (Å²) in [6.07, 6.45) is 0. The molecular weight excluding hydrogens is 208 g/mol. The van der Waals surface area contributed by atoms with Gasteiger partial charge in [0.15, 0.2) is 5.92 Å². The van der Waals surface area contributed by atoms with Gasteiger partial charge in [0, 0.05) is 11.3 Å². The Morgan fingerprint density at radius 3 is 2.56 bits per heavy atom. The number of benzene rings is 1. The van der Waals surface area contributed by atoms with Crippen LogP contribution in [0.2, 0.25) is 0 Å². The van der Waals surface area contributed by atoms with Crippen LogP contribution in [0.25, 0.3) is 11.0 Å². The highest BCUT2D eigenvalue weighted by molar-refractivity contribution is 6.06. The van der Waals surface area contributed by atoms with Gasteiger partial charge in [0.05, 0.1) is 17.1 Å². The normalized spacial score (nSPS) is 18.2. The van der Waals surface area contributed by atoms with Gasteiger partial charge in [-0.2, -0.15) is 5.26 Å². The number of rotatable bonds is 0. The predicted octanol–water partition coefficient (Wildman–Crippen LogP) is 0.415. The molecule has 1 amide bonds. The number of carbonyl (C=O) groups is 1. The Balaban J connectivity index is 2.33. The van der Waals surface area contributed by atoms with E-state index in [1.807, 2.05) is 6.07 Å². The average molecular weight is 214 g/mol. The summed E-state index contributed by atoms with van der Waals surface area (Å²) >= 11 is 0. The first-order valence-electron chi connectivity index (χ1n) is 4.65. The third-order valence-electron chi connectivity index (χ3n) is 2.65. The molecule has 16 heavy (non-hydrogen) atoms. The van der Waals surface area contributed by atoms with Crippen LogP contribution in [0, 0.1) is 11.3 Å². The third kappa shape index (κ3) is 0.995. The smallest absolute Gasteiger partial charge is 0.323 e. The van der Waals surface area contributed by atoms with Crippen LogP contribution in [-0.4, -0.2) is 15.9 Å². The molecule has 2 heterocycles. The number of aromatic amines is 2. The maximum absolute atomic E-state index is 11.4. The molecule has 0 fully saturated rings. The molecule has 0 saturated carbocycles. The van der Waals surface area contributed by atoms with Crippen molar-refractivity contribution in [1.82, 2.24) is 9.97 Å². The second-order valence-corrected chi connectivity index (χ2v) is 3.62. The first kappa shape index (κ1) is 8.73. The highest BCUT2D eigenvalue weighted by atomic mass is 16.2. The maximum Gasteiger partial charge on any atom is 0.323 e. The molecule has 3 rings (SSSR count). The van der Waals surface area contributed by atoms with E-state index < -0.39 is 5.92 Å². The van der Waals surface area contributed by atoms with Crippen LogP contribution in [0.4, 0.5) is 5.69 Å². The maximum atomic E-state index is 11.4. The van der Waals surface area contributed by atoms with E-state index in [1.54, 1.807) is 12.1 Å². The molecule has 6 heteroatoms. The average Bonchev–Trinajstić information content (AvgIpc) is 2.71. The van der Waals surface area contributed by atoms with Gasteiger partial charge in [-0.25, -0.2) is 4.79 Å². The minimum atomic E-state index is -0.794. The molecule has 78 valence electrons. The van der Waals surface area contributed by atoms with Crippen LogP contribution in [0.3, 0.4) is 0 Å². The molecule has 3 N–H and O–H groups in total. The fourth-order valence-corrected chi connectivity index (χ4v) is 1.92. The minimum absolute atomic E-state index is 0.307. The van der Waals surface area contributed by atoms with E-state index in [4.69, 9.17) is 5.26 Å². The largest absolute Gasteiger partial charge is 0.324 e. The van der Waals surface area contributed by atoms with Crippen molar-refractivity contribution in [3.63, 3.8) is 0 Å². The number of fused-ring (bicyclic) bond motifs is 2. The highest BCUT2D eigenvalue weighted by Gasteiger charge is 2.31. The van der Waals surface area contributed by atoms with Gasteiger partial charge in [0.2, 0.25) is 5.91 Å². The minimum Gasteiger partial charge on any atom is -0.324 e. The van der Waals surface area contributed by atoms with Gasteiger partial charge in [-0.1, -0.05) is 0 Å². The third-order valence-corrected chi connectivity index (χ3v) is 2.65. The molecule has 0 spiro atoms. The monoisotopic (exact) mass is 214 g/mol. The van der Waals surface area contributed by atoms with Crippen molar-refractivity contribution in [3.05, 3.63) is 28.2 Å². The Labute approximate surface area is 88.9 Å². The summed E-state index contributed by atoms with van der Waals surface area (Å²) in [6, 6.07) is 5.22. The van der Waals surface area contributed by atoms with Gasteiger partial charge in [-0.15, -0.1) is 0 Å². The number of imidazole rings is 1. The van der Waals surface area contributed by atoms with Gasteiger partial charge in [-0.3, -0.25) is 4.79 Å². The Hall–Kier alpha value is -2.55. The van der Waals surface area contributed by atoms with E-state index in [0.29, 0.717) is 22.3 Å². The second kappa shape index (κ2) is 2.73. The van der Waals surface area contributed by atoms with Crippen LogP contribution in [-0.2, 0) is 4.79 Å². The van der Waals surface area contributed by atoms with Crippen LogP contribution >= 0.6 is 0 Å². The lowest BCUT2D eigenvalue weighted by Gasteiger charge is -1.98. The van der Waals surface area contributed by atoms with Gasteiger partial charge in [0.1, 0.15) is 0 Å². The summed E-state index contributed by atoms with van der Waals surface area (Å²) in [7, 11) is 0. The molecule has 0 aliphatic carbocycles. The van der Waals surface area contributed by atoms with E-state index in [-0.39, 0.29) is 11.6 Å². The molecule has 1 unspecified atom stereocenters. The lowest BCUT2D eigenvalue weighted by molar-refractivity contribution is -0.115. The van der Waals surface area contributed by atoms with Crippen LogP contribution < -0.4 is 11.0 Å². The summed E-state index contributed by atoms with van der Waals surface area (Å²) in [5, 5.41) is 11.5. The van der Waals surface area contributed by atoms with Crippen molar-refractivity contribution in [1.29, 1.82) is 5.26 Å². The number of anilines is 1. The fourth-order valence-electron chi connectivity index (χ4n) is 1.92. The van der Waals surface area contributed by atoms with Crippen molar-refractivity contribution in [3.8, 4) is 6.07 Å². The number of nitriles is 1. The van der Waals surface area contributed by atoms with Gasteiger partial charge >= 0.3 is 5.69 Å². The Kier molecular flexibility index (Phi) is 1.49. The van der Waals surface area contributed by atoms with Crippen molar-refractivity contribution in [2.24, 2.45) is 0 Å². The predicted molar refractivity (Wildman–Crippen MR) is 55.9 cm³/mol. The molecule has 1 aromatic heterocycles. The second-order valence-electron chi connectivity index (χ2n) is 3.62. The molecule has 1 aliphatic heterocycles. The molecule has 2 aromatic rings. The molecule has 1 atom stereocenters. The summed E-state index contributed by atoms with van der Waals surface area (Å²) in [5.74, 6) is -1.12. The van der Waals surface area contributed by atoms with Gasteiger partial charge in [-0.05, 0) is 12.1 Å². The number of aromatic nitrogens is 2. The van der Waals surface area contributed by atoms with Crippen molar-refractivity contribution < 1.29 is 4.79 Å². The van der Waals surface area contributed by atoms with Crippen LogP contribution in [0.5, 0.6) is 0 Å². The molecule has 1 aromatic carbocycles. The Morgan fingerprint density at radius 1 is 1.19 bits per heavy atom. The fraction of sp³-hybridized carbons (Fsp3) is 0.100. The summed E-state index contributed by atoms with van der Waals surface area (Å²) in [6.45, 7) is 0. The summed E-state index contributed by atoms with van der Waals surface area (Å²) in [5.41, 5.74) is 2.09. The molecule has 6 nitrogen and oxygen atoms in total. The standard InChI is InChI=1S/C10H6N4O2/c11-3-5-4-1-7-8(14-10(16)13-7)2-6(4)12-9(5)15/h1-2,5H,(H,12,15)(H2,13,14,16). The zero-order valence-electron chi connectivity index (χ0n) is 8.00. The number of hydrogen-bond donors (Lipinski definition) is 3. The number of hydrogen-bond acceptors (Lipinski definition) is 3. The molecule has 0 saturated heterocycles. The number of H-pyrrole nitrogens is 2. The first-order chi connectivity index (χ1) is 7.69. The zero-order chi connectivity index (χ0) is 11.3. The number of amides is 1. The molecular formula is C10H6N4O2. The number of nitrogens with zero attached hydrogens (tertiary/aromatic N) is 1. The highest BCUT2D eigenvalue weighted by Crippen LogP contribution is 2.34. The number of carbonyl (C=O) groups excluding carboxylic acids is 1.